The predicted octanol–water partition coefficient (Wildman–Crippen LogP) is 3.79. The minimum absolute atomic E-state index is 0.0722. The molecule has 1 atom stereocenters. The van der Waals surface area contributed by atoms with E-state index in [1.165, 1.54) is 0 Å². The van der Waals surface area contributed by atoms with Crippen LogP contribution in [0.1, 0.15) is 38.8 Å². The summed E-state index contributed by atoms with van der Waals surface area (Å²) in [6.45, 7) is 6.25. The number of nitrogens with two attached hydrogens (primary N) is 1. The minimum atomic E-state index is -0.361. The number of ether oxygens (including phenoxy) is 1. The molecule has 18 heavy (non-hydrogen) atoms. The van der Waals surface area contributed by atoms with E-state index in [0.717, 1.165) is 15.8 Å². The van der Waals surface area contributed by atoms with E-state index in [1.807, 2.05) is 39.0 Å². The van der Waals surface area contributed by atoms with Gasteiger partial charge in [0, 0.05) is 16.1 Å². The van der Waals surface area contributed by atoms with E-state index in [-0.39, 0.29) is 11.5 Å². The zero-order valence-electron chi connectivity index (χ0n) is 11.0. The van der Waals surface area contributed by atoms with Gasteiger partial charge < -0.3 is 10.5 Å². The number of nitrogens with zero attached hydrogens (tertiary/aromatic N) is 1. The smallest absolute Gasteiger partial charge is 0.125 e. The molecule has 1 aromatic carbocycles. The van der Waals surface area contributed by atoms with Gasteiger partial charge in [-0.1, -0.05) is 22.0 Å². The van der Waals surface area contributed by atoms with E-state index in [1.54, 1.807) is 0 Å². The Balaban J connectivity index is 2.73. The lowest BCUT2D eigenvalue weighted by Gasteiger charge is -2.18. The summed E-state index contributed by atoms with van der Waals surface area (Å²) in [6.07, 6.45) is 0.689. The molecular weight excluding hydrogens is 292 g/mol. The second-order valence-corrected chi connectivity index (χ2v) is 5.98. The molecule has 0 heterocycles. The van der Waals surface area contributed by atoms with Crippen LogP contribution in [-0.4, -0.2) is 6.61 Å². The van der Waals surface area contributed by atoms with Crippen LogP contribution in [0.15, 0.2) is 22.7 Å². The summed E-state index contributed by atoms with van der Waals surface area (Å²) in [6, 6.07) is 8.01. The van der Waals surface area contributed by atoms with Gasteiger partial charge in [0.1, 0.15) is 5.75 Å². The molecule has 0 aromatic heterocycles. The zero-order valence-corrected chi connectivity index (χ0v) is 12.6. The summed E-state index contributed by atoms with van der Waals surface area (Å²) in [4.78, 5) is 0. The Morgan fingerprint density at radius 3 is 2.72 bits per heavy atom. The highest BCUT2D eigenvalue weighted by molar-refractivity contribution is 9.10. The highest BCUT2D eigenvalue weighted by Gasteiger charge is 2.17. The molecule has 0 saturated heterocycles. The van der Waals surface area contributed by atoms with Gasteiger partial charge in [-0.15, -0.1) is 0 Å². The van der Waals surface area contributed by atoms with Crippen molar-refractivity contribution in [2.75, 3.05) is 6.61 Å². The third-order valence-electron chi connectivity index (χ3n) is 2.75. The Bertz CT molecular complexity index is 450. The Morgan fingerprint density at radius 1 is 1.50 bits per heavy atom. The maximum absolute atomic E-state index is 8.95. The topological polar surface area (TPSA) is 59.0 Å². The minimum Gasteiger partial charge on any atom is -0.493 e. The maximum Gasteiger partial charge on any atom is 0.125 e. The number of rotatable bonds is 5. The Kier molecular flexibility index (Phi) is 5.18. The third kappa shape index (κ3) is 4.32. The van der Waals surface area contributed by atoms with E-state index >= 15 is 0 Å². The van der Waals surface area contributed by atoms with Crippen molar-refractivity contribution in [2.24, 2.45) is 11.1 Å². The van der Waals surface area contributed by atoms with Crippen molar-refractivity contribution in [3.63, 3.8) is 0 Å². The molecule has 2 N–H and O–H groups in total. The van der Waals surface area contributed by atoms with Gasteiger partial charge in [0.15, 0.2) is 0 Å². The second-order valence-electron chi connectivity index (χ2n) is 5.06. The summed E-state index contributed by atoms with van der Waals surface area (Å²) in [7, 11) is 0. The molecular formula is C14H19BrN2O. The molecule has 98 valence electrons. The first-order valence-electron chi connectivity index (χ1n) is 5.95. The SMILES string of the molecule is C[C@@H](N)c1ccc(Br)cc1OCCC(C)(C)C#N. The number of halogens is 1. The molecule has 1 rings (SSSR count). The first kappa shape index (κ1) is 15.0. The van der Waals surface area contributed by atoms with E-state index < -0.39 is 0 Å². The van der Waals surface area contributed by atoms with Crippen molar-refractivity contribution in [2.45, 2.75) is 33.2 Å². The predicted molar refractivity (Wildman–Crippen MR) is 76.3 cm³/mol. The molecule has 3 nitrogen and oxygen atoms in total. The molecule has 0 unspecified atom stereocenters. The fourth-order valence-electron chi connectivity index (χ4n) is 1.48. The van der Waals surface area contributed by atoms with Crippen LogP contribution >= 0.6 is 15.9 Å². The van der Waals surface area contributed by atoms with Gasteiger partial charge in [-0.2, -0.15) is 5.26 Å². The highest BCUT2D eigenvalue weighted by atomic mass is 79.9. The fourth-order valence-corrected chi connectivity index (χ4v) is 1.82. The summed E-state index contributed by atoms with van der Waals surface area (Å²) >= 11 is 3.42. The first-order valence-corrected chi connectivity index (χ1v) is 6.74. The number of benzene rings is 1. The first-order chi connectivity index (χ1) is 8.35. The van der Waals surface area contributed by atoms with Gasteiger partial charge in [0.25, 0.3) is 0 Å². The van der Waals surface area contributed by atoms with Crippen LogP contribution in [0.2, 0.25) is 0 Å². The van der Waals surface area contributed by atoms with Crippen LogP contribution in [-0.2, 0) is 0 Å². The molecule has 0 aliphatic heterocycles. The molecule has 0 radical (unpaired) electrons. The highest BCUT2D eigenvalue weighted by Crippen LogP contribution is 2.28. The van der Waals surface area contributed by atoms with Gasteiger partial charge in [0.2, 0.25) is 0 Å². The molecule has 4 heteroatoms. The monoisotopic (exact) mass is 310 g/mol. The fraction of sp³-hybridized carbons (Fsp3) is 0.500. The lowest BCUT2D eigenvalue weighted by Crippen LogP contribution is -2.14. The van der Waals surface area contributed by atoms with E-state index in [2.05, 4.69) is 22.0 Å². The number of nitriles is 1. The molecule has 1 aromatic rings. The Labute approximate surface area is 117 Å². The molecule has 0 aliphatic rings. The molecule has 0 amide bonds. The molecule has 0 aliphatic carbocycles. The van der Waals surface area contributed by atoms with Crippen molar-refractivity contribution < 1.29 is 4.74 Å². The van der Waals surface area contributed by atoms with Crippen LogP contribution in [0.5, 0.6) is 5.75 Å². The van der Waals surface area contributed by atoms with Crippen molar-refractivity contribution in [1.82, 2.24) is 0 Å². The molecule has 0 saturated carbocycles. The Hall–Kier alpha value is -1.05. The molecule has 0 fully saturated rings. The maximum atomic E-state index is 8.95. The summed E-state index contributed by atoms with van der Waals surface area (Å²) < 4.78 is 6.72. The summed E-state index contributed by atoms with van der Waals surface area (Å²) in [5, 5.41) is 8.95. The van der Waals surface area contributed by atoms with Gasteiger partial charge in [-0.3, -0.25) is 0 Å². The number of hydrogen-bond donors (Lipinski definition) is 1. The van der Waals surface area contributed by atoms with Crippen molar-refractivity contribution in [3.05, 3.63) is 28.2 Å². The second kappa shape index (κ2) is 6.21. The standard InChI is InChI=1S/C14H19BrN2O/c1-10(17)12-5-4-11(15)8-13(12)18-7-6-14(2,3)9-16/h4-5,8,10H,6-7,17H2,1-3H3/t10-/m1/s1. The van der Waals surface area contributed by atoms with Gasteiger partial charge in [-0.05, 0) is 39.3 Å². The number of hydrogen-bond acceptors (Lipinski definition) is 3. The van der Waals surface area contributed by atoms with Crippen LogP contribution in [0.25, 0.3) is 0 Å². The normalized spacial score (nSPS) is 12.9. The van der Waals surface area contributed by atoms with E-state index in [4.69, 9.17) is 15.7 Å². The average Bonchev–Trinajstić information content (AvgIpc) is 2.28. The van der Waals surface area contributed by atoms with Crippen LogP contribution < -0.4 is 10.5 Å². The quantitative estimate of drug-likeness (QED) is 0.900. The van der Waals surface area contributed by atoms with Gasteiger partial charge in [0.05, 0.1) is 18.1 Å². The summed E-state index contributed by atoms with van der Waals surface area (Å²) in [5.74, 6) is 0.785. The molecule has 0 spiro atoms. The Morgan fingerprint density at radius 2 is 2.17 bits per heavy atom. The van der Waals surface area contributed by atoms with Crippen LogP contribution in [0.4, 0.5) is 0 Å². The van der Waals surface area contributed by atoms with E-state index in [9.17, 15) is 0 Å². The van der Waals surface area contributed by atoms with E-state index in [0.29, 0.717) is 13.0 Å². The van der Waals surface area contributed by atoms with Gasteiger partial charge >= 0.3 is 0 Å². The average molecular weight is 311 g/mol. The van der Waals surface area contributed by atoms with Crippen LogP contribution in [0.3, 0.4) is 0 Å². The lowest BCUT2D eigenvalue weighted by molar-refractivity contribution is 0.261. The van der Waals surface area contributed by atoms with Crippen molar-refractivity contribution in [3.8, 4) is 11.8 Å². The lowest BCUT2D eigenvalue weighted by atomic mass is 9.92. The molecule has 0 bridgehead atoms. The van der Waals surface area contributed by atoms with Crippen molar-refractivity contribution in [1.29, 1.82) is 5.26 Å². The largest absolute Gasteiger partial charge is 0.493 e. The van der Waals surface area contributed by atoms with Crippen molar-refractivity contribution >= 4 is 15.9 Å². The van der Waals surface area contributed by atoms with Gasteiger partial charge in [-0.25, -0.2) is 0 Å². The third-order valence-corrected chi connectivity index (χ3v) is 3.25. The zero-order chi connectivity index (χ0) is 13.8. The summed E-state index contributed by atoms with van der Waals surface area (Å²) in [5.41, 5.74) is 6.52. The van der Waals surface area contributed by atoms with Crippen LogP contribution in [0, 0.1) is 16.7 Å².